The Hall–Kier alpha value is -0.470. The molecule has 3 rings (SSSR count). The van der Waals surface area contributed by atoms with E-state index in [1.165, 1.54) is 49.4 Å². The van der Waals surface area contributed by atoms with Gasteiger partial charge in [-0.3, -0.25) is 4.99 Å². The van der Waals surface area contributed by atoms with Crippen LogP contribution in [0.25, 0.3) is 0 Å². The van der Waals surface area contributed by atoms with Gasteiger partial charge in [-0.15, -0.1) is 35.7 Å². The van der Waals surface area contributed by atoms with E-state index in [-0.39, 0.29) is 24.0 Å². The predicted octanol–water partition coefficient (Wildman–Crippen LogP) is 4.42. The van der Waals surface area contributed by atoms with Gasteiger partial charge in [-0.1, -0.05) is 18.2 Å². The summed E-state index contributed by atoms with van der Waals surface area (Å²) in [6.07, 6.45) is 5.19. The first-order chi connectivity index (χ1) is 13.2. The molecule has 1 aromatic carbocycles. The van der Waals surface area contributed by atoms with Gasteiger partial charge in [0.05, 0.1) is 0 Å². The number of halogens is 1. The molecule has 0 amide bonds. The summed E-state index contributed by atoms with van der Waals surface area (Å²) in [4.78, 5) is 11.3. The average Bonchev–Trinajstić information content (AvgIpc) is 3.17. The third-order valence-corrected chi connectivity index (χ3v) is 7.03. The topological polar surface area (TPSA) is 30.9 Å². The van der Waals surface area contributed by atoms with Crippen molar-refractivity contribution in [3.05, 3.63) is 30.3 Å². The van der Waals surface area contributed by atoms with Crippen molar-refractivity contribution >= 4 is 41.7 Å². The summed E-state index contributed by atoms with van der Waals surface area (Å²) in [6.45, 7) is 8.87. The molecule has 1 unspecified atom stereocenters. The van der Waals surface area contributed by atoms with Crippen molar-refractivity contribution in [3.8, 4) is 0 Å². The number of hydrogen-bond donors (Lipinski definition) is 1. The van der Waals surface area contributed by atoms with Crippen molar-refractivity contribution < 1.29 is 0 Å². The molecule has 28 heavy (non-hydrogen) atoms. The maximum atomic E-state index is 4.97. The first-order valence-corrected chi connectivity index (χ1v) is 11.6. The van der Waals surface area contributed by atoms with Crippen LogP contribution in [0.4, 0.5) is 0 Å². The molecule has 0 saturated carbocycles. The van der Waals surface area contributed by atoms with Crippen molar-refractivity contribution in [2.45, 2.75) is 37.5 Å². The van der Waals surface area contributed by atoms with E-state index in [1.54, 1.807) is 0 Å². The summed E-state index contributed by atoms with van der Waals surface area (Å²) in [5.41, 5.74) is 0. The van der Waals surface area contributed by atoms with Gasteiger partial charge in [0.1, 0.15) is 0 Å². The number of benzene rings is 1. The van der Waals surface area contributed by atoms with Crippen LogP contribution in [0.15, 0.2) is 40.2 Å². The van der Waals surface area contributed by atoms with E-state index >= 15 is 0 Å². The largest absolute Gasteiger partial charge is 0.357 e. The summed E-state index contributed by atoms with van der Waals surface area (Å²) < 4.78 is 0. The minimum atomic E-state index is 0. The molecule has 0 aromatic heterocycles. The molecule has 1 atom stereocenters. The Bertz CT molecular complexity index is 575. The summed E-state index contributed by atoms with van der Waals surface area (Å²) >= 11 is 1.99. The van der Waals surface area contributed by atoms with Crippen LogP contribution in [0.5, 0.6) is 0 Å². The normalized spacial score (nSPS) is 21.6. The molecule has 6 heteroatoms. The van der Waals surface area contributed by atoms with Crippen molar-refractivity contribution in [1.82, 2.24) is 15.1 Å². The first kappa shape index (κ1) is 23.8. The molecule has 1 aromatic rings. The average molecular weight is 517 g/mol. The number of nitrogens with one attached hydrogen (secondary N) is 1. The Morgan fingerprint density at radius 3 is 2.54 bits per heavy atom. The first-order valence-electron chi connectivity index (χ1n) is 10.6. The van der Waals surface area contributed by atoms with Crippen molar-refractivity contribution in [2.24, 2.45) is 16.8 Å². The number of nitrogens with zero attached hydrogens (tertiary/aromatic N) is 3. The third-order valence-electron chi connectivity index (χ3n) is 5.79. The van der Waals surface area contributed by atoms with E-state index in [0.717, 1.165) is 44.0 Å². The minimum Gasteiger partial charge on any atom is -0.357 e. The second-order valence-electron chi connectivity index (χ2n) is 8.00. The molecule has 0 radical (unpaired) electrons. The molecule has 2 fully saturated rings. The summed E-state index contributed by atoms with van der Waals surface area (Å²) in [5.74, 6) is 3.96. The Balaban J connectivity index is 0.00000280. The van der Waals surface area contributed by atoms with Crippen LogP contribution >= 0.6 is 35.7 Å². The molecule has 1 N–H and O–H groups in total. The third kappa shape index (κ3) is 7.75. The molecule has 0 aliphatic carbocycles. The fourth-order valence-corrected chi connectivity index (χ4v) is 5.07. The van der Waals surface area contributed by atoms with Crippen LogP contribution in [0.1, 0.15) is 32.6 Å². The van der Waals surface area contributed by atoms with Gasteiger partial charge in [-0.05, 0) is 76.7 Å². The Kier molecular flexibility index (Phi) is 11.0. The maximum Gasteiger partial charge on any atom is 0.193 e. The number of piperidine rings is 1. The highest BCUT2D eigenvalue weighted by Crippen LogP contribution is 2.26. The SMILES string of the molecule is CCNC(=NCCC1CCN(C)CC1)N1CCC(CSc2ccccc2)C1.I. The second kappa shape index (κ2) is 13.0. The number of likely N-dealkylation sites (tertiary alicyclic amines) is 2. The predicted molar refractivity (Wildman–Crippen MR) is 133 cm³/mol. The van der Waals surface area contributed by atoms with E-state index in [0.29, 0.717) is 0 Å². The number of hydrogen-bond acceptors (Lipinski definition) is 3. The van der Waals surface area contributed by atoms with Gasteiger partial charge >= 0.3 is 0 Å². The standard InChI is InChI=1S/C22H36N4S.HI/c1-3-23-22(24-13-9-19-10-14-25(2)15-11-19)26-16-12-20(17-26)18-27-21-7-5-4-6-8-21;/h4-8,19-20H,3,9-18H2,1-2H3,(H,23,24);1H. The van der Waals surface area contributed by atoms with Gasteiger partial charge < -0.3 is 15.1 Å². The molecule has 0 spiro atoms. The maximum absolute atomic E-state index is 4.97. The Labute approximate surface area is 192 Å². The lowest BCUT2D eigenvalue weighted by molar-refractivity contribution is 0.214. The van der Waals surface area contributed by atoms with Gasteiger partial charge in [0, 0.05) is 36.8 Å². The van der Waals surface area contributed by atoms with Crippen LogP contribution in [-0.2, 0) is 0 Å². The lowest BCUT2D eigenvalue weighted by Gasteiger charge is -2.28. The van der Waals surface area contributed by atoms with Gasteiger partial charge in [-0.25, -0.2) is 0 Å². The summed E-state index contributed by atoms with van der Waals surface area (Å²) in [7, 11) is 2.23. The van der Waals surface area contributed by atoms with Gasteiger partial charge in [-0.2, -0.15) is 0 Å². The molecule has 4 nitrogen and oxygen atoms in total. The molecule has 158 valence electrons. The Morgan fingerprint density at radius 1 is 1.11 bits per heavy atom. The lowest BCUT2D eigenvalue weighted by atomic mass is 9.94. The quantitative estimate of drug-likeness (QED) is 0.252. The van der Waals surface area contributed by atoms with Crippen LogP contribution < -0.4 is 5.32 Å². The molecule has 2 heterocycles. The van der Waals surface area contributed by atoms with E-state index in [1.807, 2.05) is 11.8 Å². The van der Waals surface area contributed by atoms with Crippen LogP contribution in [0.2, 0.25) is 0 Å². The smallest absolute Gasteiger partial charge is 0.193 e. The number of aliphatic imine (C=N–C) groups is 1. The van der Waals surface area contributed by atoms with E-state index in [4.69, 9.17) is 4.99 Å². The summed E-state index contributed by atoms with van der Waals surface area (Å²) in [5, 5.41) is 3.52. The number of guanidine groups is 1. The van der Waals surface area contributed by atoms with Crippen LogP contribution in [0.3, 0.4) is 0 Å². The van der Waals surface area contributed by atoms with Gasteiger partial charge in [0.15, 0.2) is 5.96 Å². The second-order valence-corrected chi connectivity index (χ2v) is 9.09. The van der Waals surface area contributed by atoms with Gasteiger partial charge in [0.2, 0.25) is 0 Å². The summed E-state index contributed by atoms with van der Waals surface area (Å²) in [6, 6.07) is 10.8. The monoisotopic (exact) mass is 516 g/mol. The zero-order chi connectivity index (χ0) is 18.9. The number of rotatable bonds is 7. The zero-order valence-electron chi connectivity index (χ0n) is 17.5. The number of thioether (sulfide) groups is 1. The van der Waals surface area contributed by atoms with Crippen LogP contribution in [0, 0.1) is 11.8 Å². The molecule has 2 saturated heterocycles. The highest BCUT2D eigenvalue weighted by molar-refractivity contribution is 14.0. The fraction of sp³-hybridized carbons (Fsp3) is 0.682. The van der Waals surface area contributed by atoms with E-state index in [2.05, 4.69) is 59.4 Å². The highest BCUT2D eigenvalue weighted by atomic mass is 127. The van der Waals surface area contributed by atoms with Crippen molar-refractivity contribution in [1.29, 1.82) is 0 Å². The molecular formula is C22H37IN4S. The Morgan fingerprint density at radius 2 is 1.82 bits per heavy atom. The van der Waals surface area contributed by atoms with Gasteiger partial charge in [0.25, 0.3) is 0 Å². The lowest BCUT2D eigenvalue weighted by Crippen LogP contribution is -2.40. The molecule has 2 aliphatic heterocycles. The molecule has 2 aliphatic rings. The molecular weight excluding hydrogens is 479 g/mol. The van der Waals surface area contributed by atoms with Crippen molar-refractivity contribution in [2.75, 3.05) is 52.1 Å². The highest BCUT2D eigenvalue weighted by Gasteiger charge is 2.25. The molecule has 0 bridgehead atoms. The minimum absolute atomic E-state index is 0. The van der Waals surface area contributed by atoms with Crippen molar-refractivity contribution in [3.63, 3.8) is 0 Å². The fourth-order valence-electron chi connectivity index (χ4n) is 4.02. The van der Waals surface area contributed by atoms with E-state index < -0.39 is 0 Å². The zero-order valence-corrected chi connectivity index (χ0v) is 20.6. The van der Waals surface area contributed by atoms with E-state index in [9.17, 15) is 0 Å². The van der Waals surface area contributed by atoms with Crippen LogP contribution in [-0.4, -0.2) is 67.8 Å².